The Bertz CT molecular complexity index is 1220. The molecule has 6 atom stereocenters. The summed E-state index contributed by atoms with van der Waals surface area (Å²) in [6.07, 6.45) is 33.5. The Morgan fingerprint density at radius 2 is 0.984 bits per heavy atom. The average Bonchev–Trinajstić information content (AvgIpc) is 3.22. The molecule has 358 valence electrons. The van der Waals surface area contributed by atoms with Crippen LogP contribution >= 0.6 is 0 Å². The number of ether oxygens (including phenoxy) is 4. The van der Waals surface area contributed by atoms with Crippen LogP contribution in [-0.2, 0) is 38.7 Å². The first kappa shape index (κ1) is 57.1. The van der Waals surface area contributed by atoms with Crippen molar-refractivity contribution in [3.8, 4) is 0 Å². The molecule has 0 bridgehead atoms. The van der Waals surface area contributed by atoms with Gasteiger partial charge in [0.1, 0.15) is 36.8 Å². The van der Waals surface area contributed by atoms with Crippen LogP contribution in [0.5, 0.6) is 0 Å². The molecule has 0 spiro atoms. The summed E-state index contributed by atoms with van der Waals surface area (Å²) in [6.45, 7) is 3.76. The lowest BCUT2D eigenvalue weighted by Crippen LogP contribution is -2.60. The molecule has 12 nitrogen and oxygen atoms in total. The summed E-state index contributed by atoms with van der Waals surface area (Å²) in [5, 5.41) is 30.9. The van der Waals surface area contributed by atoms with Crippen LogP contribution in [0, 0.1) is 0 Å². The molecule has 0 aromatic heterocycles. The van der Waals surface area contributed by atoms with Crippen molar-refractivity contribution in [3.05, 3.63) is 24.3 Å². The zero-order chi connectivity index (χ0) is 44.8. The molecule has 61 heavy (non-hydrogen) atoms. The highest BCUT2D eigenvalue weighted by Gasteiger charge is 2.46. The van der Waals surface area contributed by atoms with E-state index in [1.165, 1.54) is 116 Å². The number of carbonyl (C=O) groups excluding carboxylic acids is 2. The Labute approximate surface area is 370 Å². The van der Waals surface area contributed by atoms with E-state index in [0.717, 1.165) is 57.8 Å². The molecule has 13 heteroatoms. The average molecular weight is 889 g/mol. The molecule has 1 rings (SSSR count). The van der Waals surface area contributed by atoms with E-state index in [4.69, 9.17) is 18.9 Å². The van der Waals surface area contributed by atoms with Gasteiger partial charge in [-0.3, -0.25) is 14.1 Å². The fraction of sp³-hybridized carbons (Fsp3) is 0.875. The topological polar surface area (TPSA) is 186 Å². The van der Waals surface area contributed by atoms with Crippen LogP contribution in [0.1, 0.15) is 213 Å². The number of rotatable bonds is 41. The van der Waals surface area contributed by atoms with Crippen molar-refractivity contribution in [2.75, 3.05) is 19.0 Å². The summed E-state index contributed by atoms with van der Waals surface area (Å²) in [7, 11) is -4.60. The number of allylic oxidation sites excluding steroid dienone is 4. The number of esters is 2. The molecule has 0 saturated carbocycles. The highest BCUT2D eigenvalue weighted by Crippen LogP contribution is 2.24. The molecule has 0 aliphatic carbocycles. The minimum atomic E-state index is -4.60. The van der Waals surface area contributed by atoms with E-state index in [1.807, 2.05) is 0 Å². The van der Waals surface area contributed by atoms with Gasteiger partial charge in [0, 0.05) is 12.8 Å². The molecular formula is C48H88O12S. The van der Waals surface area contributed by atoms with Gasteiger partial charge in [0.05, 0.1) is 6.61 Å². The van der Waals surface area contributed by atoms with E-state index in [-0.39, 0.29) is 19.4 Å². The van der Waals surface area contributed by atoms with Crippen molar-refractivity contribution in [2.45, 2.75) is 250 Å². The van der Waals surface area contributed by atoms with E-state index < -0.39 is 71.2 Å². The zero-order valence-electron chi connectivity index (χ0n) is 38.3. The van der Waals surface area contributed by atoms with Crippen molar-refractivity contribution < 1.29 is 56.8 Å². The first-order chi connectivity index (χ1) is 29.5. The predicted molar refractivity (Wildman–Crippen MR) is 243 cm³/mol. The molecule has 0 aromatic rings. The third kappa shape index (κ3) is 33.3. The van der Waals surface area contributed by atoms with Crippen LogP contribution in [0.15, 0.2) is 24.3 Å². The maximum Gasteiger partial charge on any atom is 0.306 e. The second kappa shape index (κ2) is 38.6. The molecule has 1 aliphatic rings. The highest BCUT2D eigenvalue weighted by molar-refractivity contribution is 7.85. The summed E-state index contributed by atoms with van der Waals surface area (Å²) >= 11 is 0. The van der Waals surface area contributed by atoms with Gasteiger partial charge in [0.25, 0.3) is 10.1 Å². The van der Waals surface area contributed by atoms with Gasteiger partial charge in [0.15, 0.2) is 12.4 Å². The van der Waals surface area contributed by atoms with Crippen LogP contribution < -0.4 is 0 Å². The van der Waals surface area contributed by atoms with E-state index in [2.05, 4.69) is 38.2 Å². The molecule has 0 amide bonds. The second-order valence-electron chi connectivity index (χ2n) is 17.1. The Morgan fingerprint density at radius 3 is 1.46 bits per heavy atom. The Hall–Kier alpha value is -1.87. The molecular weight excluding hydrogens is 801 g/mol. The van der Waals surface area contributed by atoms with Crippen molar-refractivity contribution in [1.29, 1.82) is 0 Å². The molecule has 1 aliphatic heterocycles. The van der Waals surface area contributed by atoms with Crippen LogP contribution in [0.3, 0.4) is 0 Å². The van der Waals surface area contributed by atoms with Crippen molar-refractivity contribution in [1.82, 2.24) is 0 Å². The number of carbonyl (C=O) groups is 2. The number of aliphatic hydroxyl groups excluding tert-OH is 3. The van der Waals surface area contributed by atoms with Gasteiger partial charge in [-0.05, 0) is 44.9 Å². The zero-order valence-corrected chi connectivity index (χ0v) is 39.1. The number of aliphatic hydroxyl groups is 3. The fourth-order valence-corrected chi connectivity index (χ4v) is 8.16. The molecule has 1 heterocycles. The summed E-state index contributed by atoms with van der Waals surface area (Å²) in [5.74, 6) is -1.98. The van der Waals surface area contributed by atoms with E-state index in [0.29, 0.717) is 12.8 Å². The Balaban J connectivity index is 2.41. The summed E-state index contributed by atoms with van der Waals surface area (Å²) in [6, 6.07) is 0. The molecule has 1 saturated heterocycles. The first-order valence-electron chi connectivity index (χ1n) is 24.4. The quantitative estimate of drug-likeness (QED) is 0.0197. The van der Waals surface area contributed by atoms with Gasteiger partial charge in [-0.25, -0.2) is 0 Å². The second-order valence-corrected chi connectivity index (χ2v) is 18.6. The van der Waals surface area contributed by atoms with Gasteiger partial charge in [-0.1, -0.05) is 179 Å². The van der Waals surface area contributed by atoms with Crippen LogP contribution in [-0.4, -0.2) is 96.0 Å². The first-order valence-corrected chi connectivity index (χ1v) is 26.0. The van der Waals surface area contributed by atoms with Gasteiger partial charge >= 0.3 is 11.9 Å². The summed E-state index contributed by atoms with van der Waals surface area (Å²) in [5.41, 5.74) is 0. The molecule has 0 aromatic carbocycles. The van der Waals surface area contributed by atoms with Crippen LogP contribution in [0.4, 0.5) is 0 Å². The van der Waals surface area contributed by atoms with E-state index >= 15 is 0 Å². The maximum atomic E-state index is 12.8. The standard InChI is InChI=1S/C48H88O12S/c1-3-5-7-9-11-13-15-17-19-20-21-23-25-27-29-31-33-35-37-44(50)59-41(39-58-48-47(53)46(52)45(51)42(60-48)40-61(54,55)56)38-57-43(49)36-34-32-30-28-26-24-22-18-16-14-12-10-8-6-4-2/h13,15,19-20,41-42,45-48,51-53H,3-12,14,16-18,21-40H2,1-2H3,(H,54,55,56)/b15-13-,20-19-. The van der Waals surface area contributed by atoms with Crippen molar-refractivity contribution in [2.24, 2.45) is 0 Å². The minimum Gasteiger partial charge on any atom is -0.462 e. The Morgan fingerprint density at radius 1 is 0.557 bits per heavy atom. The van der Waals surface area contributed by atoms with Crippen LogP contribution in [0.2, 0.25) is 0 Å². The largest absolute Gasteiger partial charge is 0.462 e. The normalized spacial score (nSPS) is 20.1. The van der Waals surface area contributed by atoms with Crippen molar-refractivity contribution >= 4 is 22.1 Å². The van der Waals surface area contributed by atoms with Crippen LogP contribution in [0.25, 0.3) is 0 Å². The van der Waals surface area contributed by atoms with Gasteiger partial charge < -0.3 is 34.3 Å². The third-order valence-electron chi connectivity index (χ3n) is 11.3. The molecule has 6 unspecified atom stereocenters. The number of hydrogen-bond acceptors (Lipinski definition) is 11. The molecule has 1 fully saturated rings. The fourth-order valence-electron chi connectivity index (χ4n) is 7.47. The molecule has 4 N–H and O–H groups in total. The lowest BCUT2D eigenvalue weighted by molar-refractivity contribution is -0.297. The smallest absolute Gasteiger partial charge is 0.306 e. The summed E-state index contributed by atoms with van der Waals surface area (Å²) in [4.78, 5) is 25.5. The maximum absolute atomic E-state index is 12.8. The highest BCUT2D eigenvalue weighted by atomic mass is 32.2. The lowest BCUT2D eigenvalue weighted by atomic mass is 10.00. The van der Waals surface area contributed by atoms with Gasteiger partial charge in [-0.2, -0.15) is 8.42 Å². The number of hydrogen-bond donors (Lipinski definition) is 4. The third-order valence-corrected chi connectivity index (χ3v) is 12.0. The SMILES string of the molecule is CCCCCC/C=C\C/C=C\CCCCCCCCCC(=O)OC(COC(=O)CCCCCCCCCCCCCCCCC)COC1OC(CS(=O)(=O)O)C(O)C(O)C1O. The minimum absolute atomic E-state index is 0.158. The summed E-state index contributed by atoms with van der Waals surface area (Å²) < 4.78 is 54.1. The van der Waals surface area contributed by atoms with Gasteiger partial charge in [-0.15, -0.1) is 0 Å². The molecule has 0 radical (unpaired) electrons. The van der Waals surface area contributed by atoms with E-state index in [1.54, 1.807) is 0 Å². The van der Waals surface area contributed by atoms with Crippen molar-refractivity contribution in [3.63, 3.8) is 0 Å². The monoisotopic (exact) mass is 889 g/mol. The predicted octanol–water partition coefficient (Wildman–Crippen LogP) is 10.4. The van der Waals surface area contributed by atoms with E-state index in [9.17, 15) is 37.9 Å². The Kier molecular flexibility index (Phi) is 36.1. The van der Waals surface area contributed by atoms with Gasteiger partial charge in [0.2, 0.25) is 0 Å². The number of unbranched alkanes of at least 4 members (excludes halogenated alkanes) is 25. The lowest BCUT2D eigenvalue weighted by Gasteiger charge is -2.40.